The molecule has 1 aromatic carbocycles. The lowest BCUT2D eigenvalue weighted by Crippen LogP contribution is -2.63. The summed E-state index contributed by atoms with van der Waals surface area (Å²) >= 11 is 0. The van der Waals surface area contributed by atoms with Gasteiger partial charge in [0.05, 0.1) is 25.3 Å². The number of hydrogen-bond donors (Lipinski definition) is 2. The van der Waals surface area contributed by atoms with E-state index >= 15 is 0 Å². The number of esters is 1. The molecule has 264 valence electrons. The zero-order chi connectivity index (χ0) is 35.7. The largest absolute Gasteiger partial charge is 0.496 e. The number of nitrogens with one attached hydrogen (secondary N) is 1. The summed E-state index contributed by atoms with van der Waals surface area (Å²) in [5, 5.41) is 14.2. The Morgan fingerprint density at radius 3 is 2.52 bits per heavy atom. The number of likely N-dealkylation sites (N-methyl/N-ethyl adjacent to an activating group) is 1. The number of anilines is 1. The molecule has 2 fully saturated rings. The van der Waals surface area contributed by atoms with E-state index in [1.165, 1.54) is 30.9 Å². The lowest BCUT2D eigenvalue weighted by atomic mass is 9.83. The summed E-state index contributed by atoms with van der Waals surface area (Å²) in [5.74, 6) is -1.25. The van der Waals surface area contributed by atoms with E-state index in [1.54, 1.807) is 40.2 Å². The third-order valence-electron chi connectivity index (χ3n) is 9.94. The van der Waals surface area contributed by atoms with Crippen LogP contribution in [0.15, 0.2) is 35.9 Å². The number of rotatable bonds is 5. The van der Waals surface area contributed by atoms with Gasteiger partial charge in [0.25, 0.3) is 0 Å². The van der Waals surface area contributed by atoms with E-state index in [2.05, 4.69) is 5.32 Å². The van der Waals surface area contributed by atoms with Gasteiger partial charge in [-0.2, -0.15) is 0 Å². The fourth-order valence-corrected chi connectivity index (χ4v) is 6.53. The molecule has 0 aromatic heterocycles. The van der Waals surface area contributed by atoms with Crippen LogP contribution in [0.25, 0.3) is 0 Å². The topological polar surface area (TPSA) is 156 Å². The van der Waals surface area contributed by atoms with Gasteiger partial charge in [-0.3, -0.25) is 14.9 Å². The maximum Gasteiger partial charge on any atom is 0.409 e. The molecule has 4 bridgehead atoms. The first kappa shape index (κ1) is 36.9. The number of aliphatic hydroxyl groups is 1. The zero-order valence-electron chi connectivity index (χ0n) is 29.5. The molecule has 3 aliphatic rings. The van der Waals surface area contributed by atoms with E-state index in [0.29, 0.717) is 17.9 Å². The van der Waals surface area contributed by atoms with Crippen molar-refractivity contribution in [3.05, 3.63) is 47.1 Å². The Hall–Kier alpha value is -3.94. The SMILES string of the molecule is COc1cc2cc(c1C)N(C)C(=O)CC(OC(=O)C(C)N(C)C(C)=O)C1(C)OC1C(C)C1CC(O)(NC(=O)O1)C(OC)/C=C/C=C(\C)C2. The minimum atomic E-state index is -1.80. The van der Waals surface area contributed by atoms with Crippen LogP contribution in [0.3, 0.4) is 0 Å². The van der Waals surface area contributed by atoms with Crippen molar-refractivity contribution in [2.24, 2.45) is 5.92 Å². The molecule has 1 aromatic rings. The van der Waals surface area contributed by atoms with E-state index in [9.17, 15) is 24.3 Å². The summed E-state index contributed by atoms with van der Waals surface area (Å²) in [6.45, 7) is 10.3. The summed E-state index contributed by atoms with van der Waals surface area (Å²) in [7, 11) is 6.16. The maximum atomic E-state index is 14.0. The van der Waals surface area contributed by atoms with Crippen LogP contribution < -0.4 is 15.0 Å². The third-order valence-corrected chi connectivity index (χ3v) is 9.94. The van der Waals surface area contributed by atoms with Crippen molar-refractivity contribution in [2.45, 2.75) is 103 Å². The highest BCUT2D eigenvalue weighted by molar-refractivity contribution is 5.95. The Morgan fingerprint density at radius 1 is 1.21 bits per heavy atom. The van der Waals surface area contributed by atoms with Crippen LogP contribution >= 0.6 is 0 Å². The number of epoxide rings is 1. The average molecular weight is 672 g/mol. The number of benzene rings is 1. The van der Waals surface area contributed by atoms with Crippen LogP contribution in [0.2, 0.25) is 0 Å². The van der Waals surface area contributed by atoms with Gasteiger partial charge in [-0.15, -0.1) is 0 Å². The quantitative estimate of drug-likeness (QED) is 0.352. The average Bonchev–Trinajstić information content (AvgIpc) is 3.73. The highest BCUT2D eigenvalue weighted by Gasteiger charge is 2.64. The van der Waals surface area contributed by atoms with E-state index < -0.39 is 59.8 Å². The lowest BCUT2D eigenvalue weighted by Gasteiger charge is -2.42. The second kappa shape index (κ2) is 14.3. The molecule has 48 heavy (non-hydrogen) atoms. The number of alkyl carbamates (subject to hydrolysis) is 1. The predicted molar refractivity (Wildman–Crippen MR) is 176 cm³/mol. The molecule has 0 saturated carbocycles. The maximum absolute atomic E-state index is 14.0. The molecule has 3 heterocycles. The van der Waals surface area contributed by atoms with Crippen LogP contribution in [0.5, 0.6) is 5.75 Å². The van der Waals surface area contributed by atoms with Crippen LogP contribution in [0, 0.1) is 12.8 Å². The summed E-state index contributed by atoms with van der Waals surface area (Å²) in [4.78, 5) is 55.0. The Balaban J connectivity index is 1.80. The van der Waals surface area contributed by atoms with Crippen LogP contribution in [0.4, 0.5) is 10.5 Å². The molecular weight excluding hydrogens is 622 g/mol. The van der Waals surface area contributed by atoms with Gasteiger partial charge in [0, 0.05) is 46.0 Å². The van der Waals surface area contributed by atoms with E-state index in [1.807, 2.05) is 39.0 Å². The third kappa shape index (κ3) is 7.53. The van der Waals surface area contributed by atoms with Gasteiger partial charge in [0.1, 0.15) is 35.7 Å². The van der Waals surface area contributed by atoms with E-state index in [4.69, 9.17) is 23.7 Å². The molecule has 0 spiro atoms. The molecule has 13 heteroatoms. The smallest absolute Gasteiger partial charge is 0.409 e. The Labute approximate surface area is 282 Å². The van der Waals surface area contributed by atoms with Crippen molar-refractivity contribution in [2.75, 3.05) is 33.2 Å². The summed E-state index contributed by atoms with van der Waals surface area (Å²) < 4.78 is 29.1. The minimum absolute atomic E-state index is 0.0289. The monoisotopic (exact) mass is 671 g/mol. The highest BCUT2D eigenvalue weighted by Crippen LogP contribution is 2.49. The molecule has 2 saturated heterocycles. The first-order valence-electron chi connectivity index (χ1n) is 16.1. The fraction of sp³-hybridized carbons (Fsp3) is 0.600. The number of allylic oxidation sites excluding steroid dienone is 3. The van der Waals surface area contributed by atoms with E-state index in [-0.39, 0.29) is 24.7 Å². The number of hydrogen-bond acceptors (Lipinski definition) is 10. The molecule has 3 aliphatic heterocycles. The number of nitrogens with zero attached hydrogens (tertiary/aromatic N) is 2. The Kier molecular flexibility index (Phi) is 11.0. The highest BCUT2D eigenvalue weighted by atomic mass is 16.7. The molecule has 0 aliphatic carbocycles. The fourth-order valence-electron chi connectivity index (χ4n) is 6.53. The van der Waals surface area contributed by atoms with Crippen molar-refractivity contribution in [1.82, 2.24) is 10.2 Å². The predicted octanol–water partition coefficient (Wildman–Crippen LogP) is 3.19. The summed E-state index contributed by atoms with van der Waals surface area (Å²) in [6.07, 6.45) is 1.35. The molecule has 8 unspecified atom stereocenters. The van der Waals surface area contributed by atoms with Gasteiger partial charge in [-0.25, -0.2) is 9.59 Å². The number of amides is 3. The van der Waals surface area contributed by atoms with Crippen LogP contribution in [-0.4, -0.2) is 104 Å². The van der Waals surface area contributed by atoms with E-state index in [0.717, 1.165) is 16.7 Å². The first-order valence-corrected chi connectivity index (χ1v) is 16.1. The van der Waals surface area contributed by atoms with Crippen molar-refractivity contribution in [1.29, 1.82) is 0 Å². The molecular formula is C35H49N3O10. The number of methoxy groups -OCH3 is 2. The normalized spacial score (nSPS) is 33.2. The Bertz CT molecular complexity index is 1490. The Morgan fingerprint density at radius 2 is 1.90 bits per heavy atom. The molecule has 2 N–H and O–H groups in total. The van der Waals surface area contributed by atoms with Gasteiger partial charge in [0.2, 0.25) is 11.8 Å². The van der Waals surface area contributed by atoms with Gasteiger partial charge >= 0.3 is 12.1 Å². The van der Waals surface area contributed by atoms with Crippen molar-refractivity contribution < 1.29 is 48.0 Å². The molecule has 8 atom stereocenters. The number of carbonyl (C=O) groups excluding carboxylic acids is 4. The number of carbonyl (C=O) groups is 4. The molecule has 3 amide bonds. The minimum Gasteiger partial charge on any atom is -0.496 e. The van der Waals surface area contributed by atoms with Crippen molar-refractivity contribution in [3.8, 4) is 5.75 Å². The lowest BCUT2D eigenvalue weighted by molar-refractivity contribution is -0.161. The molecule has 13 nitrogen and oxygen atoms in total. The number of fused-ring (bicyclic) bond motifs is 5. The van der Waals surface area contributed by atoms with Crippen LogP contribution in [-0.2, 0) is 39.8 Å². The standard InChI is InChI=1S/C35H49N3O10/c1-19-12-11-13-28(45-10)35(43)18-27(46-33(42)36-35)21(3)31-34(6,48-31)29(47-32(41)22(4)37(7)23(5)39)17-30(40)38(8)25-15-24(14-19)16-26(44-9)20(25)2/h11-13,15-16,21-22,27-29,31,43H,14,17-18H2,1-10H3,(H,36,42)/b13-11+,19-12+. The van der Waals surface area contributed by atoms with Crippen molar-refractivity contribution >= 4 is 29.6 Å². The van der Waals surface area contributed by atoms with Crippen LogP contribution in [0.1, 0.15) is 58.6 Å². The molecule has 0 radical (unpaired) electrons. The summed E-state index contributed by atoms with van der Waals surface area (Å²) in [5.41, 5.74) is 0.296. The van der Waals surface area contributed by atoms with Gasteiger partial charge in [-0.05, 0) is 51.8 Å². The van der Waals surface area contributed by atoms with Gasteiger partial charge in [-0.1, -0.05) is 30.7 Å². The zero-order valence-corrected chi connectivity index (χ0v) is 29.5. The molecule has 4 rings (SSSR count). The van der Waals surface area contributed by atoms with Crippen molar-refractivity contribution in [3.63, 3.8) is 0 Å². The first-order chi connectivity index (χ1) is 22.4. The second-order valence-corrected chi connectivity index (χ2v) is 13.3. The second-order valence-electron chi connectivity index (χ2n) is 13.3. The van der Waals surface area contributed by atoms with Gasteiger partial charge in [0.15, 0.2) is 5.72 Å². The number of ether oxygens (including phenoxy) is 5. The van der Waals surface area contributed by atoms with Gasteiger partial charge < -0.3 is 38.6 Å². The summed E-state index contributed by atoms with van der Waals surface area (Å²) in [6, 6.07) is 2.92.